The van der Waals surface area contributed by atoms with Crippen LogP contribution in [0.15, 0.2) is 0 Å². The van der Waals surface area contributed by atoms with E-state index >= 15 is 0 Å². The second-order valence-corrected chi connectivity index (χ2v) is 3.09. The average Bonchev–Trinajstić information content (AvgIpc) is 2.03. The molecule has 11 heavy (non-hydrogen) atoms. The van der Waals surface area contributed by atoms with Crippen LogP contribution in [0.1, 0.15) is 25.7 Å². The summed E-state index contributed by atoms with van der Waals surface area (Å²) in [6.45, 7) is 1.69. The third kappa shape index (κ3) is 3.37. The van der Waals surface area contributed by atoms with Crippen molar-refractivity contribution in [3.63, 3.8) is 0 Å². The molecule has 3 nitrogen and oxygen atoms in total. The van der Waals surface area contributed by atoms with Gasteiger partial charge in [-0.2, -0.15) is 0 Å². The van der Waals surface area contributed by atoms with E-state index in [0.29, 0.717) is 12.3 Å². The van der Waals surface area contributed by atoms with Crippen LogP contribution >= 0.6 is 0 Å². The minimum Gasteiger partial charge on any atom is -0.381 e. The lowest BCUT2D eigenvalue weighted by molar-refractivity contribution is -0.118. The van der Waals surface area contributed by atoms with Crippen molar-refractivity contribution in [3.8, 4) is 0 Å². The summed E-state index contributed by atoms with van der Waals surface area (Å²) < 4.78 is 5.26. The normalized spacial score (nSPS) is 24.9. The van der Waals surface area contributed by atoms with Crippen LogP contribution in [0, 0.1) is 5.92 Å². The summed E-state index contributed by atoms with van der Waals surface area (Å²) in [4.78, 5) is 10.4. The van der Waals surface area contributed by atoms with E-state index < -0.39 is 0 Å². The maximum Gasteiger partial charge on any atom is 0.217 e. The third-order valence-corrected chi connectivity index (χ3v) is 2.05. The van der Waals surface area contributed by atoms with Gasteiger partial charge < -0.3 is 10.5 Å². The summed E-state index contributed by atoms with van der Waals surface area (Å²) in [5.74, 6) is 0.367. The highest BCUT2D eigenvalue weighted by atomic mass is 16.5. The van der Waals surface area contributed by atoms with Gasteiger partial charge in [-0.3, -0.25) is 4.79 Å². The van der Waals surface area contributed by atoms with E-state index in [1.165, 1.54) is 6.42 Å². The Balaban J connectivity index is 2.09. The molecule has 0 radical (unpaired) electrons. The minimum atomic E-state index is -0.199. The molecule has 1 aliphatic rings. The molecule has 0 aromatic carbocycles. The van der Waals surface area contributed by atoms with Gasteiger partial charge in [0.2, 0.25) is 5.91 Å². The van der Waals surface area contributed by atoms with E-state index in [2.05, 4.69) is 0 Å². The van der Waals surface area contributed by atoms with Gasteiger partial charge in [-0.1, -0.05) is 0 Å². The highest BCUT2D eigenvalue weighted by molar-refractivity contribution is 5.73. The molecule has 64 valence electrons. The van der Waals surface area contributed by atoms with Gasteiger partial charge in [-0.25, -0.2) is 0 Å². The van der Waals surface area contributed by atoms with E-state index in [4.69, 9.17) is 10.5 Å². The van der Waals surface area contributed by atoms with E-state index in [0.717, 1.165) is 26.1 Å². The van der Waals surface area contributed by atoms with Crippen molar-refractivity contribution in [1.82, 2.24) is 0 Å². The molecule has 0 spiro atoms. The Morgan fingerprint density at radius 3 is 3.00 bits per heavy atom. The highest BCUT2D eigenvalue weighted by Gasteiger charge is 2.13. The van der Waals surface area contributed by atoms with Crippen LogP contribution in [-0.2, 0) is 9.53 Å². The summed E-state index contributed by atoms with van der Waals surface area (Å²) in [7, 11) is 0. The van der Waals surface area contributed by atoms with Crippen molar-refractivity contribution in [2.24, 2.45) is 11.7 Å². The molecule has 1 rings (SSSR count). The van der Waals surface area contributed by atoms with Crippen molar-refractivity contribution in [3.05, 3.63) is 0 Å². The number of nitrogens with two attached hydrogens (primary N) is 1. The predicted molar refractivity (Wildman–Crippen MR) is 42.0 cm³/mol. The van der Waals surface area contributed by atoms with Crippen LogP contribution in [0.3, 0.4) is 0 Å². The maximum absolute atomic E-state index is 10.4. The summed E-state index contributed by atoms with van der Waals surface area (Å²) in [5, 5.41) is 0. The lowest BCUT2D eigenvalue weighted by atomic mass is 9.97. The maximum atomic E-state index is 10.4. The molecule has 1 unspecified atom stereocenters. The van der Waals surface area contributed by atoms with Gasteiger partial charge in [0, 0.05) is 19.6 Å². The largest absolute Gasteiger partial charge is 0.381 e. The number of primary amides is 1. The fourth-order valence-corrected chi connectivity index (χ4v) is 1.38. The molecular formula is C8H15NO2. The SMILES string of the molecule is NC(=O)CCC1CCCOC1. The van der Waals surface area contributed by atoms with Gasteiger partial charge in [0.1, 0.15) is 0 Å². The van der Waals surface area contributed by atoms with Crippen molar-refractivity contribution in [2.45, 2.75) is 25.7 Å². The first-order chi connectivity index (χ1) is 5.29. The topological polar surface area (TPSA) is 52.3 Å². The number of carbonyl (C=O) groups is 1. The van der Waals surface area contributed by atoms with Crippen molar-refractivity contribution in [2.75, 3.05) is 13.2 Å². The molecule has 1 amide bonds. The van der Waals surface area contributed by atoms with Crippen LogP contribution < -0.4 is 5.73 Å². The third-order valence-electron chi connectivity index (χ3n) is 2.05. The van der Waals surface area contributed by atoms with Gasteiger partial charge in [0.05, 0.1) is 0 Å². The number of rotatable bonds is 3. The van der Waals surface area contributed by atoms with Crippen LogP contribution in [0.5, 0.6) is 0 Å². The first-order valence-electron chi connectivity index (χ1n) is 4.15. The Bertz CT molecular complexity index is 130. The number of carbonyl (C=O) groups excluding carboxylic acids is 1. The van der Waals surface area contributed by atoms with Crippen LogP contribution in [0.25, 0.3) is 0 Å². The van der Waals surface area contributed by atoms with Gasteiger partial charge in [0.25, 0.3) is 0 Å². The Morgan fingerprint density at radius 1 is 1.64 bits per heavy atom. The molecule has 0 aromatic heterocycles. The van der Waals surface area contributed by atoms with Gasteiger partial charge in [-0.05, 0) is 25.2 Å². The molecule has 1 saturated heterocycles. The molecule has 1 aliphatic heterocycles. The van der Waals surface area contributed by atoms with E-state index in [-0.39, 0.29) is 5.91 Å². The molecule has 1 fully saturated rings. The molecule has 1 atom stereocenters. The summed E-state index contributed by atoms with van der Waals surface area (Å²) in [6, 6.07) is 0. The van der Waals surface area contributed by atoms with Crippen LogP contribution in [-0.4, -0.2) is 19.1 Å². The summed E-state index contributed by atoms with van der Waals surface area (Å²) in [6.07, 6.45) is 3.72. The number of hydrogen-bond acceptors (Lipinski definition) is 2. The van der Waals surface area contributed by atoms with Gasteiger partial charge in [-0.15, -0.1) is 0 Å². The van der Waals surface area contributed by atoms with Crippen molar-refractivity contribution < 1.29 is 9.53 Å². The molecule has 1 heterocycles. The first-order valence-corrected chi connectivity index (χ1v) is 4.15. The monoisotopic (exact) mass is 157 g/mol. The smallest absolute Gasteiger partial charge is 0.217 e. The molecule has 0 aromatic rings. The molecule has 0 bridgehead atoms. The molecule has 0 aliphatic carbocycles. The second kappa shape index (κ2) is 4.34. The lowest BCUT2D eigenvalue weighted by Gasteiger charge is -2.21. The van der Waals surface area contributed by atoms with Crippen LogP contribution in [0.4, 0.5) is 0 Å². The molecule has 3 heteroatoms. The van der Waals surface area contributed by atoms with Crippen LogP contribution in [0.2, 0.25) is 0 Å². The van der Waals surface area contributed by atoms with E-state index in [1.54, 1.807) is 0 Å². The quantitative estimate of drug-likeness (QED) is 0.655. The fourth-order valence-electron chi connectivity index (χ4n) is 1.38. The minimum absolute atomic E-state index is 0.199. The standard InChI is InChI=1S/C8H15NO2/c9-8(10)4-3-7-2-1-5-11-6-7/h7H,1-6H2,(H2,9,10). The Kier molecular flexibility index (Phi) is 3.36. The van der Waals surface area contributed by atoms with Crippen molar-refractivity contribution >= 4 is 5.91 Å². The Hall–Kier alpha value is -0.570. The van der Waals surface area contributed by atoms with Gasteiger partial charge >= 0.3 is 0 Å². The molecular weight excluding hydrogens is 142 g/mol. The molecule has 2 N–H and O–H groups in total. The zero-order chi connectivity index (χ0) is 8.10. The average molecular weight is 157 g/mol. The highest BCUT2D eigenvalue weighted by Crippen LogP contribution is 2.17. The zero-order valence-electron chi connectivity index (χ0n) is 6.71. The fraction of sp³-hybridized carbons (Fsp3) is 0.875. The zero-order valence-corrected chi connectivity index (χ0v) is 6.71. The van der Waals surface area contributed by atoms with E-state index in [1.807, 2.05) is 0 Å². The lowest BCUT2D eigenvalue weighted by Crippen LogP contribution is -2.20. The van der Waals surface area contributed by atoms with Crippen molar-refractivity contribution in [1.29, 1.82) is 0 Å². The summed E-state index contributed by atoms with van der Waals surface area (Å²) >= 11 is 0. The predicted octanol–water partition coefficient (Wildman–Crippen LogP) is 0.678. The van der Waals surface area contributed by atoms with E-state index in [9.17, 15) is 4.79 Å². The summed E-state index contributed by atoms with van der Waals surface area (Å²) in [5.41, 5.74) is 5.03. The van der Waals surface area contributed by atoms with Gasteiger partial charge in [0.15, 0.2) is 0 Å². The number of hydrogen-bond donors (Lipinski definition) is 1. The second-order valence-electron chi connectivity index (χ2n) is 3.09. The Morgan fingerprint density at radius 2 is 2.45 bits per heavy atom. The Labute approximate surface area is 66.9 Å². The number of amides is 1. The first kappa shape index (κ1) is 8.53. The molecule has 0 saturated carbocycles. The number of ether oxygens (including phenoxy) is 1.